The van der Waals surface area contributed by atoms with Crippen molar-refractivity contribution in [3.05, 3.63) is 23.8 Å². The van der Waals surface area contributed by atoms with Gasteiger partial charge in [-0.15, -0.1) is 0 Å². The average Bonchev–Trinajstić information content (AvgIpc) is 2.47. The summed E-state index contributed by atoms with van der Waals surface area (Å²) in [6.07, 6.45) is 3.91. The second kappa shape index (κ2) is 6.35. The van der Waals surface area contributed by atoms with Crippen LogP contribution in [0.4, 0.5) is 11.4 Å². The van der Waals surface area contributed by atoms with Crippen molar-refractivity contribution in [3.63, 3.8) is 0 Å². The molecule has 0 bridgehead atoms. The normalized spacial score (nSPS) is 21.0. The first-order valence-electron chi connectivity index (χ1n) is 7.53. The number of anilines is 2. The molecular formula is C16H24N2O3. The summed E-state index contributed by atoms with van der Waals surface area (Å²) in [6.45, 7) is 5.07. The maximum absolute atomic E-state index is 11.0. The maximum atomic E-state index is 11.0. The van der Waals surface area contributed by atoms with Gasteiger partial charge in [-0.3, -0.25) is 0 Å². The van der Waals surface area contributed by atoms with E-state index in [1.165, 1.54) is 0 Å². The molecule has 1 unspecified atom stereocenters. The van der Waals surface area contributed by atoms with Crippen LogP contribution in [0.15, 0.2) is 18.2 Å². The number of nitrogens with two attached hydrogens (primary N) is 1. The number of carboxylic acid groups (broad SMARTS) is 1. The molecule has 0 radical (unpaired) electrons. The zero-order valence-electron chi connectivity index (χ0n) is 12.7. The van der Waals surface area contributed by atoms with Crippen molar-refractivity contribution in [2.24, 2.45) is 0 Å². The standard InChI is InChI=1S/C16H24N2O3/c1-3-16(4-2)10-12(7-8-21-16)18-11-5-6-13(15(19)20)14(17)9-11/h5-6,9,12,18H,3-4,7-8,10,17H2,1-2H3,(H,19,20). The molecule has 1 fully saturated rings. The summed E-state index contributed by atoms with van der Waals surface area (Å²) in [6, 6.07) is 5.34. The summed E-state index contributed by atoms with van der Waals surface area (Å²) >= 11 is 0. The number of rotatable bonds is 5. The molecule has 0 spiro atoms. The van der Waals surface area contributed by atoms with Crippen molar-refractivity contribution in [1.82, 2.24) is 0 Å². The fourth-order valence-corrected chi connectivity index (χ4v) is 2.98. The van der Waals surface area contributed by atoms with Gasteiger partial charge in [0.05, 0.1) is 11.2 Å². The molecule has 1 aromatic rings. The van der Waals surface area contributed by atoms with Gasteiger partial charge in [0.25, 0.3) is 0 Å². The molecular weight excluding hydrogens is 268 g/mol. The van der Waals surface area contributed by atoms with Gasteiger partial charge in [0.2, 0.25) is 0 Å². The minimum absolute atomic E-state index is 0.0392. The lowest BCUT2D eigenvalue weighted by Crippen LogP contribution is -2.43. The Morgan fingerprint density at radius 2 is 2.19 bits per heavy atom. The van der Waals surface area contributed by atoms with Crippen molar-refractivity contribution in [2.45, 2.75) is 51.2 Å². The van der Waals surface area contributed by atoms with Gasteiger partial charge in [-0.1, -0.05) is 13.8 Å². The van der Waals surface area contributed by atoms with Crippen molar-refractivity contribution in [2.75, 3.05) is 17.7 Å². The van der Waals surface area contributed by atoms with Crippen LogP contribution in [0.2, 0.25) is 0 Å². The largest absolute Gasteiger partial charge is 0.478 e. The Labute approximate surface area is 125 Å². The van der Waals surface area contributed by atoms with Gasteiger partial charge >= 0.3 is 5.97 Å². The second-order valence-corrected chi connectivity index (χ2v) is 5.68. The molecule has 1 heterocycles. The number of aromatic carboxylic acids is 1. The monoisotopic (exact) mass is 292 g/mol. The first-order valence-corrected chi connectivity index (χ1v) is 7.53. The topological polar surface area (TPSA) is 84.6 Å². The third kappa shape index (κ3) is 3.47. The first-order chi connectivity index (χ1) is 9.99. The Morgan fingerprint density at radius 1 is 1.48 bits per heavy atom. The lowest BCUT2D eigenvalue weighted by atomic mass is 9.86. The van der Waals surface area contributed by atoms with Gasteiger partial charge in [-0.25, -0.2) is 4.79 Å². The molecule has 1 saturated heterocycles. The zero-order chi connectivity index (χ0) is 15.5. The van der Waals surface area contributed by atoms with E-state index in [4.69, 9.17) is 15.6 Å². The zero-order valence-corrected chi connectivity index (χ0v) is 12.7. The Morgan fingerprint density at radius 3 is 2.76 bits per heavy atom. The van der Waals surface area contributed by atoms with Crippen LogP contribution in [0.25, 0.3) is 0 Å². The van der Waals surface area contributed by atoms with Crippen LogP contribution < -0.4 is 11.1 Å². The molecule has 0 saturated carbocycles. The van der Waals surface area contributed by atoms with Crippen molar-refractivity contribution in [3.8, 4) is 0 Å². The van der Waals surface area contributed by atoms with Crippen molar-refractivity contribution < 1.29 is 14.6 Å². The molecule has 5 nitrogen and oxygen atoms in total. The number of benzene rings is 1. The Bertz CT molecular complexity index is 512. The van der Waals surface area contributed by atoms with Crippen molar-refractivity contribution in [1.29, 1.82) is 0 Å². The lowest BCUT2D eigenvalue weighted by Gasteiger charge is -2.40. The predicted octanol–water partition coefficient (Wildman–Crippen LogP) is 3.12. The van der Waals surface area contributed by atoms with E-state index in [9.17, 15) is 4.79 Å². The van der Waals surface area contributed by atoms with E-state index in [0.717, 1.165) is 38.0 Å². The van der Waals surface area contributed by atoms with E-state index < -0.39 is 5.97 Å². The number of hydrogen-bond acceptors (Lipinski definition) is 4. The fourth-order valence-electron chi connectivity index (χ4n) is 2.98. The molecule has 5 heteroatoms. The molecule has 2 rings (SSSR count). The molecule has 1 atom stereocenters. The summed E-state index contributed by atoms with van der Waals surface area (Å²) in [5.74, 6) is -0.999. The van der Waals surface area contributed by atoms with E-state index >= 15 is 0 Å². The molecule has 1 aliphatic rings. The molecule has 21 heavy (non-hydrogen) atoms. The SMILES string of the molecule is CCC1(CC)CC(Nc2ccc(C(=O)O)c(N)c2)CCO1. The van der Waals surface area contributed by atoms with Crippen LogP contribution in [0, 0.1) is 0 Å². The van der Waals surface area contributed by atoms with Crippen LogP contribution in [-0.4, -0.2) is 29.3 Å². The smallest absolute Gasteiger partial charge is 0.337 e. The van der Waals surface area contributed by atoms with E-state index in [1.807, 2.05) is 0 Å². The van der Waals surface area contributed by atoms with Gasteiger partial charge in [-0.05, 0) is 43.9 Å². The number of carboxylic acids is 1. The molecule has 0 amide bonds. The number of carbonyl (C=O) groups is 1. The van der Waals surface area contributed by atoms with Gasteiger partial charge in [0.15, 0.2) is 0 Å². The third-order valence-electron chi connectivity index (χ3n) is 4.43. The van der Waals surface area contributed by atoms with Crippen LogP contribution in [0.3, 0.4) is 0 Å². The van der Waals surface area contributed by atoms with E-state index in [-0.39, 0.29) is 16.9 Å². The van der Waals surface area contributed by atoms with Gasteiger partial charge in [0, 0.05) is 24.0 Å². The number of nitrogens with one attached hydrogen (secondary N) is 1. The van der Waals surface area contributed by atoms with E-state index in [0.29, 0.717) is 6.04 Å². The summed E-state index contributed by atoms with van der Waals surface area (Å²) in [7, 11) is 0. The van der Waals surface area contributed by atoms with Crippen LogP contribution in [0.5, 0.6) is 0 Å². The van der Waals surface area contributed by atoms with Crippen LogP contribution >= 0.6 is 0 Å². The molecule has 0 aliphatic carbocycles. The number of ether oxygens (including phenoxy) is 1. The highest BCUT2D eigenvalue weighted by molar-refractivity contribution is 5.94. The Kier molecular flexibility index (Phi) is 4.73. The van der Waals surface area contributed by atoms with E-state index in [2.05, 4.69) is 19.2 Å². The molecule has 1 aromatic carbocycles. The third-order valence-corrected chi connectivity index (χ3v) is 4.43. The highest BCUT2D eigenvalue weighted by Crippen LogP contribution is 2.33. The summed E-state index contributed by atoms with van der Waals surface area (Å²) in [4.78, 5) is 11.0. The summed E-state index contributed by atoms with van der Waals surface area (Å²) in [5.41, 5.74) is 7.05. The number of hydrogen-bond donors (Lipinski definition) is 3. The lowest BCUT2D eigenvalue weighted by molar-refractivity contribution is -0.0864. The van der Waals surface area contributed by atoms with Crippen LogP contribution in [-0.2, 0) is 4.74 Å². The maximum Gasteiger partial charge on any atom is 0.337 e. The molecule has 0 aromatic heterocycles. The second-order valence-electron chi connectivity index (χ2n) is 5.68. The van der Waals surface area contributed by atoms with Gasteiger partial charge in [-0.2, -0.15) is 0 Å². The fraction of sp³-hybridized carbons (Fsp3) is 0.562. The number of nitrogen functional groups attached to an aromatic ring is 1. The summed E-state index contributed by atoms with van der Waals surface area (Å²) in [5, 5.41) is 12.5. The van der Waals surface area contributed by atoms with Crippen molar-refractivity contribution >= 4 is 17.3 Å². The predicted molar refractivity (Wildman–Crippen MR) is 83.7 cm³/mol. The average molecular weight is 292 g/mol. The first kappa shape index (κ1) is 15.6. The summed E-state index contributed by atoms with van der Waals surface area (Å²) < 4.78 is 5.96. The van der Waals surface area contributed by atoms with E-state index in [1.54, 1.807) is 18.2 Å². The van der Waals surface area contributed by atoms with Gasteiger partial charge < -0.3 is 20.9 Å². The van der Waals surface area contributed by atoms with Crippen LogP contribution in [0.1, 0.15) is 49.9 Å². The highest BCUT2D eigenvalue weighted by atomic mass is 16.5. The highest BCUT2D eigenvalue weighted by Gasteiger charge is 2.34. The molecule has 1 aliphatic heterocycles. The Hall–Kier alpha value is -1.75. The minimum atomic E-state index is -0.999. The van der Waals surface area contributed by atoms with Gasteiger partial charge in [0.1, 0.15) is 0 Å². The quantitative estimate of drug-likeness (QED) is 0.726. The Balaban J connectivity index is 2.08. The minimum Gasteiger partial charge on any atom is -0.478 e. The molecule has 116 valence electrons. The molecule has 4 N–H and O–H groups in total.